The molecule has 106 valence electrons. The van der Waals surface area contributed by atoms with Crippen LogP contribution in [0.3, 0.4) is 0 Å². The highest BCUT2D eigenvalue weighted by Crippen LogP contribution is 2.20. The number of hydrogen-bond acceptors (Lipinski definition) is 4. The second-order valence-corrected chi connectivity index (χ2v) is 4.92. The maximum absolute atomic E-state index is 4.64. The molecule has 0 aliphatic heterocycles. The van der Waals surface area contributed by atoms with E-state index in [1.165, 1.54) is 0 Å². The van der Waals surface area contributed by atoms with E-state index in [0.29, 0.717) is 0 Å². The van der Waals surface area contributed by atoms with Crippen LogP contribution < -0.4 is 5.32 Å². The SMILES string of the molecule is CCCNc1cc(-c2ccc(C)nc2)nc(CCC)n1. The summed E-state index contributed by atoms with van der Waals surface area (Å²) in [5, 5.41) is 3.34. The highest BCUT2D eigenvalue weighted by atomic mass is 15.0. The van der Waals surface area contributed by atoms with Crippen molar-refractivity contribution in [2.75, 3.05) is 11.9 Å². The fourth-order valence-electron chi connectivity index (χ4n) is 1.94. The molecule has 0 aliphatic carbocycles. The Morgan fingerprint density at radius 3 is 2.60 bits per heavy atom. The molecule has 20 heavy (non-hydrogen) atoms. The molecular formula is C16H22N4. The maximum atomic E-state index is 4.64. The largest absolute Gasteiger partial charge is 0.370 e. The molecule has 0 atom stereocenters. The van der Waals surface area contributed by atoms with Crippen LogP contribution in [0.4, 0.5) is 5.82 Å². The summed E-state index contributed by atoms with van der Waals surface area (Å²) in [6, 6.07) is 6.07. The Labute approximate surface area is 120 Å². The smallest absolute Gasteiger partial charge is 0.131 e. The van der Waals surface area contributed by atoms with Gasteiger partial charge in [-0.3, -0.25) is 4.98 Å². The second-order valence-electron chi connectivity index (χ2n) is 4.92. The maximum Gasteiger partial charge on any atom is 0.131 e. The van der Waals surface area contributed by atoms with Crippen LogP contribution in [-0.2, 0) is 6.42 Å². The van der Waals surface area contributed by atoms with Crippen LogP contribution in [0.5, 0.6) is 0 Å². The minimum absolute atomic E-state index is 0.893. The first kappa shape index (κ1) is 14.4. The van der Waals surface area contributed by atoms with Gasteiger partial charge in [-0.25, -0.2) is 9.97 Å². The average Bonchev–Trinajstić information content (AvgIpc) is 2.46. The van der Waals surface area contributed by atoms with E-state index in [9.17, 15) is 0 Å². The topological polar surface area (TPSA) is 50.7 Å². The van der Waals surface area contributed by atoms with E-state index in [1.54, 1.807) is 0 Å². The number of hydrogen-bond donors (Lipinski definition) is 1. The van der Waals surface area contributed by atoms with E-state index in [2.05, 4.69) is 40.2 Å². The first-order valence-electron chi connectivity index (χ1n) is 7.27. The molecule has 0 bridgehead atoms. The Morgan fingerprint density at radius 1 is 1.10 bits per heavy atom. The van der Waals surface area contributed by atoms with Gasteiger partial charge in [0.1, 0.15) is 11.6 Å². The fourth-order valence-corrected chi connectivity index (χ4v) is 1.94. The van der Waals surface area contributed by atoms with Crippen molar-refractivity contribution in [3.05, 3.63) is 35.9 Å². The molecule has 0 unspecified atom stereocenters. The summed E-state index contributed by atoms with van der Waals surface area (Å²) in [7, 11) is 0. The highest BCUT2D eigenvalue weighted by molar-refractivity contribution is 5.61. The van der Waals surface area contributed by atoms with Crippen molar-refractivity contribution in [3.63, 3.8) is 0 Å². The molecule has 2 aromatic rings. The molecule has 4 heteroatoms. The van der Waals surface area contributed by atoms with Gasteiger partial charge >= 0.3 is 0 Å². The molecule has 0 aromatic carbocycles. The molecule has 4 nitrogen and oxygen atoms in total. The monoisotopic (exact) mass is 270 g/mol. The molecule has 2 rings (SSSR count). The summed E-state index contributed by atoms with van der Waals surface area (Å²) in [5.74, 6) is 1.80. The van der Waals surface area contributed by atoms with Crippen LogP contribution >= 0.6 is 0 Å². The number of anilines is 1. The number of pyridine rings is 1. The summed E-state index contributed by atoms with van der Waals surface area (Å²) in [6.07, 6.45) is 4.89. The fraction of sp³-hybridized carbons (Fsp3) is 0.438. The first-order valence-corrected chi connectivity index (χ1v) is 7.27. The van der Waals surface area contributed by atoms with Gasteiger partial charge in [0.2, 0.25) is 0 Å². The van der Waals surface area contributed by atoms with Crippen LogP contribution in [0.15, 0.2) is 24.4 Å². The molecule has 0 saturated heterocycles. The van der Waals surface area contributed by atoms with Crippen molar-refractivity contribution < 1.29 is 0 Å². The Balaban J connectivity index is 2.34. The van der Waals surface area contributed by atoms with Crippen LogP contribution in [0.2, 0.25) is 0 Å². The Kier molecular flexibility index (Phi) is 5.04. The van der Waals surface area contributed by atoms with E-state index in [-0.39, 0.29) is 0 Å². The lowest BCUT2D eigenvalue weighted by Gasteiger charge is -2.09. The van der Waals surface area contributed by atoms with E-state index < -0.39 is 0 Å². The van der Waals surface area contributed by atoms with Gasteiger partial charge in [-0.15, -0.1) is 0 Å². The molecule has 1 N–H and O–H groups in total. The van der Waals surface area contributed by atoms with Crippen LogP contribution in [0.25, 0.3) is 11.3 Å². The van der Waals surface area contributed by atoms with Gasteiger partial charge in [0, 0.05) is 36.5 Å². The number of nitrogens with zero attached hydrogens (tertiary/aromatic N) is 3. The minimum atomic E-state index is 0.893. The predicted octanol–water partition coefficient (Wildman–Crippen LogP) is 3.62. The zero-order valence-corrected chi connectivity index (χ0v) is 12.5. The molecule has 0 aliphatic rings. The van der Waals surface area contributed by atoms with Gasteiger partial charge in [-0.05, 0) is 31.9 Å². The summed E-state index contributed by atoms with van der Waals surface area (Å²) in [6.45, 7) is 7.20. The number of rotatable bonds is 6. The Hall–Kier alpha value is -1.97. The van der Waals surface area contributed by atoms with Crippen LogP contribution in [0.1, 0.15) is 38.2 Å². The molecular weight excluding hydrogens is 248 g/mol. The number of aryl methyl sites for hydroxylation is 2. The van der Waals surface area contributed by atoms with E-state index >= 15 is 0 Å². The predicted molar refractivity (Wildman–Crippen MR) is 82.8 cm³/mol. The lowest BCUT2D eigenvalue weighted by Crippen LogP contribution is -2.06. The molecule has 0 saturated carbocycles. The molecule has 0 amide bonds. The van der Waals surface area contributed by atoms with Gasteiger partial charge in [0.25, 0.3) is 0 Å². The van der Waals surface area contributed by atoms with Crippen LogP contribution in [0, 0.1) is 6.92 Å². The minimum Gasteiger partial charge on any atom is -0.370 e. The zero-order valence-electron chi connectivity index (χ0n) is 12.5. The van der Waals surface area contributed by atoms with E-state index in [1.807, 2.05) is 25.3 Å². The lowest BCUT2D eigenvalue weighted by molar-refractivity contribution is 0.834. The third kappa shape index (κ3) is 3.76. The molecule has 2 heterocycles. The van der Waals surface area contributed by atoms with Gasteiger partial charge in [-0.1, -0.05) is 13.8 Å². The molecule has 2 aromatic heterocycles. The summed E-state index contributed by atoms with van der Waals surface area (Å²) in [5.41, 5.74) is 2.99. The Morgan fingerprint density at radius 2 is 1.95 bits per heavy atom. The van der Waals surface area contributed by atoms with E-state index in [0.717, 1.165) is 54.4 Å². The molecule has 0 spiro atoms. The van der Waals surface area contributed by atoms with Crippen molar-refractivity contribution in [1.29, 1.82) is 0 Å². The number of aromatic nitrogens is 3. The standard InChI is InChI=1S/C16H22N4/c1-4-6-15-19-14(10-16(20-15)17-9-5-2)13-8-7-12(3)18-11-13/h7-8,10-11H,4-6,9H2,1-3H3,(H,17,19,20). The van der Waals surface area contributed by atoms with Crippen molar-refractivity contribution in [2.45, 2.75) is 40.0 Å². The Bertz CT molecular complexity index is 549. The normalized spacial score (nSPS) is 10.6. The summed E-state index contributed by atoms with van der Waals surface area (Å²) in [4.78, 5) is 13.5. The van der Waals surface area contributed by atoms with Gasteiger partial charge in [0.15, 0.2) is 0 Å². The van der Waals surface area contributed by atoms with Gasteiger partial charge in [0.05, 0.1) is 5.69 Å². The highest BCUT2D eigenvalue weighted by Gasteiger charge is 2.06. The number of nitrogens with one attached hydrogen (secondary N) is 1. The van der Waals surface area contributed by atoms with Gasteiger partial charge in [-0.2, -0.15) is 0 Å². The van der Waals surface area contributed by atoms with Crippen LogP contribution in [-0.4, -0.2) is 21.5 Å². The summed E-state index contributed by atoms with van der Waals surface area (Å²) >= 11 is 0. The second kappa shape index (κ2) is 6.98. The molecule has 0 fully saturated rings. The van der Waals surface area contributed by atoms with Crippen molar-refractivity contribution in [3.8, 4) is 11.3 Å². The van der Waals surface area contributed by atoms with Crippen molar-refractivity contribution >= 4 is 5.82 Å². The third-order valence-electron chi connectivity index (χ3n) is 3.01. The van der Waals surface area contributed by atoms with Crippen molar-refractivity contribution in [1.82, 2.24) is 15.0 Å². The zero-order chi connectivity index (χ0) is 14.4. The quantitative estimate of drug-likeness (QED) is 0.871. The first-order chi connectivity index (χ1) is 9.72. The summed E-state index contributed by atoms with van der Waals surface area (Å²) < 4.78 is 0. The van der Waals surface area contributed by atoms with E-state index in [4.69, 9.17) is 0 Å². The third-order valence-corrected chi connectivity index (χ3v) is 3.01. The molecule has 0 radical (unpaired) electrons. The van der Waals surface area contributed by atoms with Crippen molar-refractivity contribution in [2.24, 2.45) is 0 Å². The lowest BCUT2D eigenvalue weighted by atomic mass is 10.2. The van der Waals surface area contributed by atoms with Gasteiger partial charge < -0.3 is 5.32 Å². The average molecular weight is 270 g/mol.